The SMILES string of the molecule is C[C@@H](CO)NS(=O)[O-]. The number of hydrogen-bond donors (Lipinski definition) is 2. The summed E-state index contributed by atoms with van der Waals surface area (Å²) in [6.45, 7) is 1.39. The monoisotopic (exact) mass is 138 g/mol. The summed E-state index contributed by atoms with van der Waals surface area (Å²) in [6.07, 6.45) is 0. The lowest BCUT2D eigenvalue weighted by molar-refractivity contribution is 0.264. The molecular formula is C3H8NO3S-. The molecule has 0 bridgehead atoms. The summed E-state index contributed by atoms with van der Waals surface area (Å²) in [5.41, 5.74) is 0. The molecular weight excluding hydrogens is 130 g/mol. The van der Waals surface area contributed by atoms with Gasteiger partial charge in [0, 0.05) is 17.3 Å². The van der Waals surface area contributed by atoms with Crippen molar-refractivity contribution in [3.8, 4) is 0 Å². The van der Waals surface area contributed by atoms with E-state index in [2.05, 4.69) is 4.72 Å². The fraction of sp³-hybridized carbons (Fsp3) is 1.00. The molecule has 4 nitrogen and oxygen atoms in total. The van der Waals surface area contributed by atoms with E-state index in [0.29, 0.717) is 0 Å². The Labute approximate surface area is 50.3 Å². The predicted octanol–water partition coefficient (Wildman–Crippen LogP) is -1.25. The lowest BCUT2D eigenvalue weighted by Crippen LogP contribution is -2.30. The van der Waals surface area contributed by atoms with Crippen LogP contribution in [0.1, 0.15) is 6.92 Å². The summed E-state index contributed by atoms with van der Waals surface area (Å²) in [5, 5.41) is 8.25. The van der Waals surface area contributed by atoms with E-state index in [1.807, 2.05) is 0 Å². The van der Waals surface area contributed by atoms with Gasteiger partial charge in [-0.2, -0.15) is 0 Å². The third-order valence-electron chi connectivity index (χ3n) is 0.571. The summed E-state index contributed by atoms with van der Waals surface area (Å²) in [5.74, 6) is 0. The predicted molar refractivity (Wildman–Crippen MR) is 28.6 cm³/mol. The highest BCUT2D eigenvalue weighted by atomic mass is 32.2. The second-order valence-electron chi connectivity index (χ2n) is 1.44. The van der Waals surface area contributed by atoms with E-state index in [-0.39, 0.29) is 12.6 Å². The van der Waals surface area contributed by atoms with Crippen LogP contribution in [0.4, 0.5) is 0 Å². The molecule has 0 spiro atoms. The molecule has 0 aromatic heterocycles. The van der Waals surface area contributed by atoms with Gasteiger partial charge in [0.05, 0.1) is 6.61 Å². The summed E-state index contributed by atoms with van der Waals surface area (Å²) in [7, 11) is 0. The van der Waals surface area contributed by atoms with Crippen LogP contribution < -0.4 is 4.72 Å². The topological polar surface area (TPSA) is 72.4 Å². The van der Waals surface area contributed by atoms with Gasteiger partial charge in [0.1, 0.15) is 0 Å². The first-order chi connectivity index (χ1) is 3.66. The van der Waals surface area contributed by atoms with Crippen LogP contribution in [-0.4, -0.2) is 26.5 Å². The van der Waals surface area contributed by atoms with E-state index in [1.165, 1.54) is 0 Å². The zero-order valence-electron chi connectivity index (χ0n) is 4.46. The van der Waals surface area contributed by atoms with Crippen LogP contribution in [0.15, 0.2) is 0 Å². The largest absolute Gasteiger partial charge is 0.760 e. The van der Waals surface area contributed by atoms with E-state index >= 15 is 0 Å². The van der Waals surface area contributed by atoms with Crippen molar-refractivity contribution in [1.82, 2.24) is 4.72 Å². The molecule has 0 radical (unpaired) electrons. The normalized spacial score (nSPS) is 17.9. The van der Waals surface area contributed by atoms with Crippen molar-refractivity contribution < 1.29 is 13.9 Å². The molecule has 0 saturated carbocycles. The molecule has 50 valence electrons. The van der Waals surface area contributed by atoms with Crippen LogP contribution in [0.2, 0.25) is 0 Å². The van der Waals surface area contributed by atoms with Gasteiger partial charge in [-0.05, 0) is 6.92 Å². The first kappa shape index (κ1) is 8.03. The lowest BCUT2D eigenvalue weighted by Gasteiger charge is -2.11. The maximum absolute atomic E-state index is 9.75. The number of aliphatic hydroxyl groups is 1. The van der Waals surface area contributed by atoms with E-state index in [0.717, 1.165) is 0 Å². The smallest absolute Gasteiger partial charge is 0.0591 e. The minimum Gasteiger partial charge on any atom is -0.760 e. The van der Waals surface area contributed by atoms with Crippen LogP contribution in [0.3, 0.4) is 0 Å². The van der Waals surface area contributed by atoms with Crippen molar-refractivity contribution in [2.24, 2.45) is 0 Å². The number of aliphatic hydroxyl groups excluding tert-OH is 1. The molecule has 0 saturated heterocycles. The molecule has 0 heterocycles. The van der Waals surface area contributed by atoms with Gasteiger partial charge >= 0.3 is 0 Å². The Morgan fingerprint density at radius 1 is 2.00 bits per heavy atom. The Hall–Kier alpha value is 0.0300. The second-order valence-corrected chi connectivity index (χ2v) is 2.14. The van der Waals surface area contributed by atoms with Crippen LogP contribution in [-0.2, 0) is 11.3 Å². The van der Waals surface area contributed by atoms with Crippen LogP contribution in [0, 0.1) is 0 Å². The molecule has 2 atom stereocenters. The van der Waals surface area contributed by atoms with Crippen molar-refractivity contribution in [2.75, 3.05) is 6.61 Å². The van der Waals surface area contributed by atoms with E-state index < -0.39 is 11.3 Å². The Balaban J connectivity index is 3.24. The van der Waals surface area contributed by atoms with Gasteiger partial charge < -0.3 is 9.66 Å². The highest BCUT2D eigenvalue weighted by Gasteiger charge is 1.94. The molecule has 0 aliphatic rings. The van der Waals surface area contributed by atoms with Crippen molar-refractivity contribution in [2.45, 2.75) is 13.0 Å². The molecule has 0 aromatic rings. The zero-order valence-corrected chi connectivity index (χ0v) is 5.27. The lowest BCUT2D eigenvalue weighted by atomic mass is 10.4. The fourth-order valence-corrected chi connectivity index (χ4v) is 0.605. The molecule has 0 aromatic carbocycles. The zero-order chi connectivity index (χ0) is 6.57. The third-order valence-corrected chi connectivity index (χ3v) is 1.17. The van der Waals surface area contributed by atoms with Gasteiger partial charge in [-0.25, -0.2) is 4.72 Å². The fourth-order valence-electron chi connectivity index (χ4n) is 0.202. The highest BCUT2D eigenvalue weighted by molar-refractivity contribution is 7.77. The number of nitrogens with one attached hydrogen (secondary N) is 1. The maximum Gasteiger partial charge on any atom is 0.0591 e. The molecule has 0 aliphatic carbocycles. The van der Waals surface area contributed by atoms with Crippen molar-refractivity contribution in [3.05, 3.63) is 0 Å². The molecule has 1 unspecified atom stereocenters. The average Bonchev–Trinajstić information content (AvgIpc) is 1.65. The van der Waals surface area contributed by atoms with Crippen molar-refractivity contribution in [3.63, 3.8) is 0 Å². The van der Waals surface area contributed by atoms with Gasteiger partial charge in [0.25, 0.3) is 0 Å². The van der Waals surface area contributed by atoms with Gasteiger partial charge in [-0.15, -0.1) is 0 Å². The minimum absolute atomic E-state index is 0.173. The first-order valence-corrected chi connectivity index (χ1v) is 3.20. The summed E-state index contributed by atoms with van der Waals surface area (Å²) in [6, 6.07) is -0.381. The van der Waals surface area contributed by atoms with Crippen LogP contribution >= 0.6 is 0 Å². The summed E-state index contributed by atoms with van der Waals surface area (Å²) >= 11 is -2.26. The van der Waals surface area contributed by atoms with Crippen molar-refractivity contribution in [1.29, 1.82) is 0 Å². The van der Waals surface area contributed by atoms with Gasteiger partial charge in [-0.3, -0.25) is 4.21 Å². The van der Waals surface area contributed by atoms with Crippen molar-refractivity contribution >= 4 is 11.3 Å². The Morgan fingerprint density at radius 2 is 2.50 bits per heavy atom. The van der Waals surface area contributed by atoms with E-state index in [4.69, 9.17) is 5.11 Å². The summed E-state index contributed by atoms with van der Waals surface area (Å²) < 4.78 is 21.6. The molecule has 8 heavy (non-hydrogen) atoms. The summed E-state index contributed by atoms with van der Waals surface area (Å²) in [4.78, 5) is 0. The number of rotatable bonds is 3. The molecule has 0 amide bonds. The molecule has 2 N–H and O–H groups in total. The molecule has 0 aliphatic heterocycles. The first-order valence-electron chi connectivity index (χ1n) is 2.13. The average molecular weight is 138 g/mol. The van der Waals surface area contributed by atoms with Gasteiger partial charge in [-0.1, -0.05) is 0 Å². The molecule has 5 heteroatoms. The quantitative estimate of drug-likeness (QED) is 0.479. The maximum atomic E-state index is 9.75. The van der Waals surface area contributed by atoms with Crippen LogP contribution in [0.5, 0.6) is 0 Å². The van der Waals surface area contributed by atoms with E-state index in [9.17, 15) is 8.76 Å². The third kappa shape index (κ3) is 4.20. The Bertz CT molecular complexity index is 86.6. The minimum atomic E-state index is -2.26. The Kier molecular flexibility index (Phi) is 3.98. The van der Waals surface area contributed by atoms with Crippen LogP contribution in [0.25, 0.3) is 0 Å². The number of hydrogen-bond acceptors (Lipinski definition) is 3. The molecule has 0 fully saturated rings. The molecule has 0 rings (SSSR count). The highest BCUT2D eigenvalue weighted by Crippen LogP contribution is 1.76. The van der Waals surface area contributed by atoms with E-state index in [1.54, 1.807) is 6.92 Å². The Morgan fingerprint density at radius 3 is 2.62 bits per heavy atom. The van der Waals surface area contributed by atoms with Gasteiger partial charge in [0.15, 0.2) is 0 Å². The standard InChI is InChI=1S/C3H9NO3S/c1-3(2-5)4-8(6)7/h3-5H,2H2,1H3,(H,6,7)/p-1/t3-/m0/s1. The van der Waals surface area contributed by atoms with Gasteiger partial charge in [0.2, 0.25) is 0 Å². The second kappa shape index (κ2) is 3.96.